The van der Waals surface area contributed by atoms with Crippen LogP contribution in [0.5, 0.6) is 0 Å². The normalized spacial score (nSPS) is 11.6. The molecule has 0 aliphatic rings. The van der Waals surface area contributed by atoms with Gasteiger partial charge in [0.2, 0.25) is 0 Å². The van der Waals surface area contributed by atoms with E-state index in [-0.39, 0.29) is 0 Å². The molecule has 0 fully saturated rings. The number of para-hydroxylation sites is 4. The van der Waals surface area contributed by atoms with Crippen molar-refractivity contribution in [2.75, 3.05) is 0 Å². The van der Waals surface area contributed by atoms with Crippen LogP contribution >= 0.6 is 0 Å². The lowest BCUT2D eigenvalue weighted by Crippen LogP contribution is -2.74. The molecule has 5 nitrogen and oxygen atoms in total. The van der Waals surface area contributed by atoms with Crippen molar-refractivity contribution in [2.45, 2.75) is 0 Å². The molecule has 0 aliphatic carbocycles. The number of hydrogen-bond acceptors (Lipinski definition) is 1. The van der Waals surface area contributed by atoms with Gasteiger partial charge in [0, 0.05) is 65.8 Å². The molecule has 4 aromatic heterocycles. The first-order valence-electron chi connectivity index (χ1n) is 41.4. The molecule has 6 heteroatoms. The van der Waals surface area contributed by atoms with Gasteiger partial charge in [-0.25, -0.2) is 0 Å². The fraction of sp³-hybridized carbons (Fsp3) is 0. The molecule has 0 radical (unpaired) electrons. The van der Waals surface area contributed by atoms with E-state index in [1.807, 2.05) is 18.2 Å². The van der Waals surface area contributed by atoms with Crippen LogP contribution in [-0.2, 0) is 0 Å². The van der Waals surface area contributed by atoms with E-state index in [2.05, 4.69) is 473 Å². The van der Waals surface area contributed by atoms with Crippen molar-refractivity contribution in [3.8, 4) is 95.6 Å². The summed E-state index contributed by atoms with van der Waals surface area (Å²) in [6.45, 7) is 0. The zero-order chi connectivity index (χ0) is 80.3. The molecule has 0 atom stereocenters. The standard InChI is InChI=1S/C66H46N2Si.C49H31N3/c1-5-18-47(19-6-1)48-32-38-53(39-33-48)67-63-30-15-13-28-59(63)61-45-51(36-42-65(61)67)52-37-43-66-62(46-52)60-29-14-16-31-64(60)68(66)54-40-34-49(35-41-54)50-20-17-27-58(44-50)69(55-21-7-2-8-22-55,56-23-9-3-10-24-56)57-25-11-4-12-26-57;50-32-33-9-8-12-37(29-33)36-19-25-41(26-20-36)52-47-16-7-5-14-43(47)45-31-39(22-28-49(45)52)38-21-27-48-44(30-38)42-13-4-6-15-46(42)51(48)40-23-17-35(18-24-40)34-10-2-1-3-11-34/h1-46H;1-31H. The maximum absolute atomic E-state index is 9.39. The van der Waals surface area contributed by atoms with E-state index >= 15 is 0 Å². The summed E-state index contributed by atoms with van der Waals surface area (Å²) in [7, 11) is -2.67. The number of nitriles is 1. The number of nitrogens with zero attached hydrogens (tertiary/aromatic N) is 5. The van der Waals surface area contributed by atoms with Crippen molar-refractivity contribution >= 4 is 116 Å². The van der Waals surface area contributed by atoms with Crippen LogP contribution in [0, 0.1) is 11.3 Å². The van der Waals surface area contributed by atoms with Gasteiger partial charge in [0.15, 0.2) is 8.07 Å². The summed E-state index contributed by atoms with van der Waals surface area (Å²) in [5, 5.41) is 24.8. The fourth-order valence-electron chi connectivity index (χ4n) is 19.0. The van der Waals surface area contributed by atoms with E-state index < -0.39 is 8.07 Å². The number of rotatable bonds is 14. The Balaban J connectivity index is 0.000000151. The molecule has 0 saturated heterocycles. The fourth-order valence-corrected chi connectivity index (χ4v) is 23.8. The third-order valence-electron chi connectivity index (χ3n) is 24.6. The molecule has 0 unspecified atom stereocenters. The van der Waals surface area contributed by atoms with Crippen molar-refractivity contribution < 1.29 is 0 Å². The minimum atomic E-state index is -2.67. The Hall–Kier alpha value is -15.9. The SMILES string of the molecule is N#Cc1cccc(-c2ccc(-n3c4ccccc4c4cc(-c5ccc6c(c5)c5ccccc5n6-c5ccc(-c6ccccc6)cc5)ccc43)cc2)c1.c1ccc(-c2ccc(-n3c4ccccc4c4cc(-c5ccc6c(c5)c5ccccc5n6-c5ccc(-c6cccc([Si](c7ccccc7)(c7ccccc7)c7ccccc7)c6)cc5)ccc43)cc2)cc1. The first kappa shape index (κ1) is 71.6. The summed E-state index contributed by atoms with van der Waals surface area (Å²) in [6.07, 6.45) is 0. The van der Waals surface area contributed by atoms with Gasteiger partial charge in [0.25, 0.3) is 0 Å². The quantitative estimate of drug-likeness (QED) is 0.0790. The van der Waals surface area contributed by atoms with Crippen molar-refractivity contribution in [3.05, 3.63) is 473 Å². The highest BCUT2D eigenvalue weighted by Gasteiger charge is 2.41. The second-order valence-corrected chi connectivity index (χ2v) is 35.2. The van der Waals surface area contributed by atoms with Gasteiger partial charge in [-0.2, -0.15) is 5.26 Å². The number of aromatic nitrogens is 4. The summed E-state index contributed by atoms with van der Waals surface area (Å²) in [5.74, 6) is 0. The molecular weight excluding hydrogens is 1480 g/mol. The molecule has 0 amide bonds. The Morgan fingerprint density at radius 3 is 0.678 bits per heavy atom. The van der Waals surface area contributed by atoms with Crippen molar-refractivity contribution in [2.24, 2.45) is 0 Å². The van der Waals surface area contributed by atoms with Gasteiger partial charge in [-0.05, 0) is 221 Å². The molecule has 23 aromatic rings. The van der Waals surface area contributed by atoms with Gasteiger partial charge >= 0.3 is 0 Å². The van der Waals surface area contributed by atoms with E-state index in [4.69, 9.17) is 0 Å². The molecule has 566 valence electrons. The van der Waals surface area contributed by atoms with Crippen LogP contribution < -0.4 is 20.7 Å². The van der Waals surface area contributed by atoms with Gasteiger partial charge in [0.05, 0.1) is 55.8 Å². The summed E-state index contributed by atoms with van der Waals surface area (Å²) >= 11 is 0. The summed E-state index contributed by atoms with van der Waals surface area (Å²) in [6, 6.07) is 172. The van der Waals surface area contributed by atoms with Crippen LogP contribution in [0.1, 0.15) is 5.56 Å². The van der Waals surface area contributed by atoms with Crippen LogP contribution in [0.4, 0.5) is 0 Å². The Morgan fingerprint density at radius 2 is 0.372 bits per heavy atom. The Labute approximate surface area is 703 Å². The summed E-state index contributed by atoms with van der Waals surface area (Å²) in [5.41, 5.74) is 28.9. The van der Waals surface area contributed by atoms with Gasteiger partial charge < -0.3 is 18.3 Å². The molecule has 4 heterocycles. The van der Waals surface area contributed by atoms with E-state index in [9.17, 15) is 5.26 Å². The highest BCUT2D eigenvalue weighted by molar-refractivity contribution is 7.20. The van der Waals surface area contributed by atoms with E-state index in [1.54, 1.807) is 0 Å². The number of fused-ring (bicyclic) bond motifs is 12. The van der Waals surface area contributed by atoms with Crippen molar-refractivity contribution in [1.29, 1.82) is 5.26 Å². The van der Waals surface area contributed by atoms with Crippen LogP contribution in [0.25, 0.3) is 177 Å². The lowest BCUT2D eigenvalue weighted by Gasteiger charge is -2.34. The Kier molecular flexibility index (Phi) is 17.9. The predicted molar refractivity (Wildman–Crippen MR) is 511 cm³/mol. The minimum Gasteiger partial charge on any atom is -0.309 e. The average molecular weight is 1560 g/mol. The van der Waals surface area contributed by atoms with Gasteiger partial charge in [-0.15, -0.1) is 0 Å². The molecule has 19 aromatic carbocycles. The monoisotopic (exact) mass is 1560 g/mol. The van der Waals surface area contributed by atoms with Crippen LogP contribution in [0.15, 0.2) is 467 Å². The van der Waals surface area contributed by atoms with Gasteiger partial charge in [-0.1, -0.05) is 334 Å². The van der Waals surface area contributed by atoms with E-state index in [1.165, 1.54) is 164 Å². The molecule has 0 N–H and O–H groups in total. The van der Waals surface area contributed by atoms with Crippen LogP contribution in [-0.4, -0.2) is 26.3 Å². The van der Waals surface area contributed by atoms with Crippen molar-refractivity contribution in [1.82, 2.24) is 18.3 Å². The van der Waals surface area contributed by atoms with Gasteiger partial charge in [-0.3, -0.25) is 0 Å². The van der Waals surface area contributed by atoms with E-state index in [0.717, 1.165) is 33.9 Å². The molecule has 23 rings (SSSR count). The second kappa shape index (κ2) is 30.3. The molecule has 0 spiro atoms. The topological polar surface area (TPSA) is 43.5 Å². The lowest BCUT2D eigenvalue weighted by molar-refractivity contribution is 1.18. The predicted octanol–water partition coefficient (Wildman–Crippen LogP) is 27.0. The molecule has 121 heavy (non-hydrogen) atoms. The second-order valence-electron chi connectivity index (χ2n) is 31.4. The smallest absolute Gasteiger partial charge is 0.179 e. The maximum atomic E-state index is 9.39. The molecule has 0 aliphatic heterocycles. The zero-order valence-electron chi connectivity index (χ0n) is 66.2. The van der Waals surface area contributed by atoms with Crippen molar-refractivity contribution in [3.63, 3.8) is 0 Å². The number of hydrogen-bond donors (Lipinski definition) is 0. The third-order valence-corrected chi connectivity index (χ3v) is 29.4. The molecule has 0 bridgehead atoms. The maximum Gasteiger partial charge on any atom is 0.179 e. The van der Waals surface area contributed by atoms with Crippen LogP contribution in [0.3, 0.4) is 0 Å². The van der Waals surface area contributed by atoms with Gasteiger partial charge in [0.1, 0.15) is 0 Å². The van der Waals surface area contributed by atoms with E-state index in [0.29, 0.717) is 5.56 Å². The highest BCUT2D eigenvalue weighted by Crippen LogP contribution is 2.43. The third kappa shape index (κ3) is 12.5. The minimum absolute atomic E-state index is 0.665. The molecule has 0 saturated carbocycles. The largest absolute Gasteiger partial charge is 0.309 e. The highest BCUT2D eigenvalue weighted by atomic mass is 28.3. The first-order chi connectivity index (χ1) is 59.9. The zero-order valence-corrected chi connectivity index (χ0v) is 67.2. The lowest BCUT2D eigenvalue weighted by atomic mass is 10.0. The molecular formula is C115H77N5Si. The number of benzene rings is 19. The average Bonchev–Trinajstić information content (AvgIpc) is 1.58. The Morgan fingerprint density at radius 1 is 0.157 bits per heavy atom. The van der Waals surface area contributed by atoms with Crippen LogP contribution in [0.2, 0.25) is 0 Å². The summed E-state index contributed by atoms with van der Waals surface area (Å²) < 4.78 is 9.55. The Bertz CT molecular complexity index is 7800. The summed E-state index contributed by atoms with van der Waals surface area (Å²) in [4.78, 5) is 0. The first-order valence-corrected chi connectivity index (χ1v) is 43.4.